The second kappa shape index (κ2) is 11.3. The highest BCUT2D eigenvalue weighted by atomic mass is 19.1. The number of esters is 1. The Labute approximate surface area is 179 Å². The summed E-state index contributed by atoms with van der Waals surface area (Å²) in [6.45, 7) is -0.591. The third-order valence-electron chi connectivity index (χ3n) is 4.41. The Bertz CT molecular complexity index is 920. The van der Waals surface area contributed by atoms with Crippen LogP contribution in [-0.2, 0) is 23.8 Å². The van der Waals surface area contributed by atoms with Crippen molar-refractivity contribution in [2.45, 2.75) is 43.6 Å². The van der Waals surface area contributed by atoms with Crippen molar-refractivity contribution >= 4 is 11.9 Å². The molecular formula is C17H24FN3O11. The number of aromatic amines is 1. The van der Waals surface area contributed by atoms with Crippen LogP contribution in [0.4, 0.5) is 4.39 Å². The molecular weight excluding hydrogens is 441 g/mol. The summed E-state index contributed by atoms with van der Waals surface area (Å²) in [4.78, 5) is 48.4. The number of amides is 1. The van der Waals surface area contributed by atoms with Crippen LogP contribution < -0.4 is 16.6 Å². The number of aliphatic hydroxyl groups is 4. The van der Waals surface area contributed by atoms with Crippen LogP contribution >= 0.6 is 0 Å². The lowest BCUT2D eigenvalue weighted by atomic mass is 10.1. The van der Waals surface area contributed by atoms with Crippen molar-refractivity contribution in [3.8, 4) is 0 Å². The first-order valence-corrected chi connectivity index (χ1v) is 9.40. The van der Waals surface area contributed by atoms with Gasteiger partial charge < -0.3 is 40.0 Å². The van der Waals surface area contributed by atoms with E-state index in [1.165, 1.54) is 6.92 Å². The van der Waals surface area contributed by atoms with Crippen LogP contribution in [0.1, 0.15) is 13.2 Å². The van der Waals surface area contributed by atoms with E-state index in [1.54, 1.807) is 4.98 Å². The number of halogens is 1. The Morgan fingerprint density at radius 1 is 1.34 bits per heavy atom. The molecule has 1 saturated heterocycles. The average molecular weight is 465 g/mol. The molecule has 2 heterocycles. The van der Waals surface area contributed by atoms with Crippen LogP contribution in [0.5, 0.6) is 0 Å². The maximum absolute atomic E-state index is 13.5. The zero-order chi connectivity index (χ0) is 24.0. The molecule has 6 atom stereocenters. The normalized spacial score (nSPS) is 24.7. The second-order valence-corrected chi connectivity index (χ2v) is 6.96. The molecule has 0 aromatic carbocycles. The number of hydrogen-bond donors (Lipinski definition) is 6. The number of hydrogen-bond acceptors (Lipinski definition) is 11. The van der Waals surface area contributed by atoms with Crippen molar-refractivity contribution in [3.63, 3.8) is 0 Å². The first kappa shape index (κ1) is 25.6. The number of H-pyrrole nitrogens is 1. The average Bonchev–Trinajstić information content (AvgIpc) is 3.02. The van der Waals surface area contributed by atoms with E-state index in [4.69, 9.17) is 24.4 Å². The van der Waals surface area contributed by atoms with Crippen LogP contribution in [0.3, 0.4) is 0 Å². The SMILES string of the molecule is C[C@H](NC(=O)COCC(O)CO)C(=O)OC[C@H]1O[C@@H](n2cc(F)c(=O)[nH]c2=O)[C@H](O)[C@@H]1O. The van der Waals surface area contributed by atoms with Crippen molar-refractivity contribution in [2.75, 3.05) is 26.4 Å². The largest absolute Gasteiger partial charge is 0.461 e. The van der Waals surface area contributed by atoms with Gasteiger partial charge >= 0.3 is 11.7 Å². The highest BCUT2D eigenvalue weighted by molar-refractivity contribution is 5.84. The van der Waals surface area contributed by atoms with Gasteiger partial charge in [0.1, 0.15) is 43.7 Å². The fourth-order valence-corrected chi connectivity index (χ4v) is 2.72. The van der Waals surface area contributed by atoms with Gasteiger partial charge in [0.15, 0.2) is 6.23 Å². The fraction of sp³-hybridized carbons (Fsp3) is 0.647. The molecule has 1 unspecified atom stereocenters. The minimum Gasteiger partial charge on any atom is -0.461 e. The standard InChI is InChI=1S/C17H24FN3O11/c1-7(19-11(24)6-30-4-8(23)3-22)16(28)31-5-10-12(25)13(26)15(32-10)21-2-9(18)14(27)20-17(21)29/h2,7-8,10,12-13,15,22-23,25-26H,3-6H2,1H3,(H,19,24)(H,20,27,29)/t7-,8?,10+,12+,13+,15+/m0/s1. The van der Waals surface area contributed by atoms with Crippen molar-refractivity contribution in [3.05, 3.63) is 32.9 Å². The quantitative estimate of drug-likeness (QED) is 0.182. The minimum absolute atomic E-state index is 0.286. The van der Waals surface area contributed by atoms with Gasteiger partial charge in [-0.1, -0.05) is 0 Å². The van der Waals surface area contributed by atoms with Crippen molar-refractivity contribution < 1.29 is 48.6 Å². The molecule has 15 heteroatoms. The molecule has 0 aliphatic carbocycles. The molecule has 6 N–H and O–H groups in total. The Kier molecular flexibility index (Phi) is 8.99. The Morgan fingerprint density at radius 2 is 2.03 bits per heavy atom. The molecule has 0 spiro atoms. The highest BCUT2D eigenvalue weighted by Crippen LogP contribution is 2.28. The third-order valence-corrected chi connectivity index (χ3v) is 4.41. The Hall–Kier alpha value is -2.69. The van der Waals surface area contributed by atoms with Crippen molar-refractivity contribution in [2.24, 2.45) is 0 Å². The smallest absolute Gasteiger partial charge is 0.330 e. The summed E-state index contributed by atoms with van der Waals surface area (Å²) in [5, 5.41) is 40.2. The van der Waals surface area contributed by atoms with Gasteiger partial charge in [0, 0.05) is 0 Å². The Balaban J connectivity index is 1.87. The molecule has 1 aliphatic heterocycles. The van der Waals surface area contributed by atoms with Gasteiger partial charge in [0.05, 0.1) is 19.4 Å². The number of nitrogens with one attached hydrogen (secondary N) is 2. The van der Waals surface area contributed by atoms with E-state index < -0.39 is 85.4 Å². The van der Waals surface area contributed by atoms with E-state index in [9.17, 15) is 33.8 Å². The highest BCUT2D eigenvalue weighted by Gasteiger charge is 2.45. The van der Waals surface area contributed by atoms with Gasteiger partial charge in [-0.05, 0) is 6.92 Å². The maximum atomic E-state index is 13.5. The van der Waals surface area contributed by atoms with Gasteiger partial charge in [-0.2, -0.15) is 4.39 Å². The molecule has 1 aromatic rings. The summed E-state index contributed by atoms with van der Waals surface area (Å²) in [5.74, 6) is -2.94. The summed E-state index contributed by atoms with van der Waals surface area (Å²) < 4.78 is 29.1. The third kappa shape index (κ3) is 6.41. The van der Waals surface area contributed by atoms with E-state index in [-0.39, 0.29) is 6.61 Å². The van der Waals surface area contributed by atoms with E-state index in [0.29, 0.717) is 10.8 Å². The molecule has 2 rings (SSSR count). The zero-order valence-corrected chi connectivity index (χ0v) is 16.8. The summed E-state index contributed by atoms with van der Waals surface area (Å²) in [6.07, 6.45) is -6.82. The predicted molar refractivity (Wildman–Crippen MR) is 99.7 cm³/mol. The van der Waals surface area contributed by atoms with Gasteiger partial charge in [-0.25, -0.2) is 9.59 Å². The number of rotatable bonds is 10. The topological polar surface area (TPSA) is 210 Å². The van der Waals surface area contributed by atoms with E-state index in [0.717, 1.165) is 0 Å². The van der Waals surface area contributed by atoms with Gasteiger partial charge in [0.25, 0.3) is 5.56 Å². The van der Waals surface area contributed by atoms with Crippen molar-refractivity contribution in [1.29, 1.82) is 0 Å². The molecule has 1 aliphatic rings. The van der Waals surface area contributed by atoms with Gasteiger partial charge in [0.2, 0.25) is 11.7 Å². The van der Waals surface area contributed by atoms with Crippen LogP contribution in [0, 0.1) is 5.82 Å². The minimum atomic E-state index is -1.70. The number of carbonyl (C=O) groups excluding carboxylic acids is 2. The zero-order valence-electron chi connectivity index (χ0n) is 16.8. The number of carbonyl (C=O) groups is 2. The molecule has 0 radical (unpaired) electrons. The first-order chi connectivity index (χ1) is 15.0. The molecule has 1 fully saturated rings. The molecule has 14 nitrogen and oxygen atoms in total. The van der Waals surface area contributed by atoms with Crippen LogP contribution in [0.2, 0.25) is 0 Å². The Morgan fingerprint density at radius 3 is 2.69 bits per heavy atom. The lowest BCUT2D eigenvalue weighted by Crippen LogP contribution is -2.43. The number of ether oxygens (including phenoxy) is 3. The van der Waals surface area contributed by atoms with Crippen LogP contribution in [0.25, 0.3) is 0 Å². The molecule has 1 aromatic heterocycles. The van der Waals surface area contributed by atoms with Crippen molar-refractivity contribution in [1.82, 2.24) is 14.9 Å². The number of nitrogens with zero attached hydrogens (tertiary/aromatic N) is 1. The molecule has 1 amide bonds. The van der Waals surface area contributed by atoms with Gasteiger partial charge in [-0.3, -0.25) is 19.1 Å². The lowest BCUT2D eigenvalue weighted by Gasteiger charge is -2.18. The molecule has 0 bridgehead atoms. The number of aliphatic hydroxyl groups excluding tert-OH is 4. The fourth-order valence-electron chi connectivity index (χ4n) is 2.72. The number of aromatic nitrogens is 2. The molecule has 32 heavy (non-hydrogen) atoms. The van der Waals surface area contributed by atoms with E-state index >= 15 is 0 Å². The van der Waals surface area contributed by atoms with Crippen LogP contribution in [0.15, 0.2) is 15.8 Å². The monoisotopic (exact) mass is 465 g/mol. The predicted octanol–water partition coefficient (Wildman–Crippen LogP) is -4.29. The van der Waals surface area contributed by atoms with E-state index in [1.807, 2.05) is 0 Å². The first-order valence-electron chi connectivity index (χ1n) is 9.40. The summed E-state index contributed by atoms with van der Waals surface area (Å²) >= 11 is 0. The lowest BCUT2D eigenvalue weighted by molar-refractivity contribution is -0.153. The van der Waals surface area contributed by atoms with E-state index in [2.05, 4.69) is 5.32 Å². The van der Waals surface area contributed by atoms with Crippen LogP contribution in [-0.4, -0.2) is 98.7 Å². The van der Waals surface area contributed by atoms with Gasteiger partial charge in [-0.15, -0.1) is 0 Å². The summed E-state index contributed by atoms with van der Waals surface area (Å²) in [7, 11) is 0. The molecule has 0 saturated carbocycles. The summed E-state index contributed by atoms with van der Waals surface area (Å²) in [6, 6.07) is -1.14. The second-order valence-electron chi connectivity index (χ2n) is 6.96. The molecule has 180 valence electrons. The maximum Gasteiger partial charge on any atom is 0.330 e. The summed E-state index contributed by atoms with van der Waals surface area (Å²) in [5.41, 5.74) is -2.36.